The fourth-order valence-electron chi connectivity index (χ4n) is 3.60. The second-order valence-electron chi connectivity index (χ2n) is 7.79. The average molecular weight is 484 g/mol. The van der Waals surface area contributed by atoms with Gasteiger partial charge in [0, 0.05) is 29.0 Å². The van der Waals surface area contributed by atoms with Crippen LogP contribution in [0.25, 0.3) is 23.0 Å². The van der Waals surface area contributed by atoms with Crippen LogP contribution in [-0.2, 0) is 16.1 Å². The minimum Gasteiger partial charge on any atom is -0.493 e. The SMILES string of the molecule is COc1ccc(-c2nn(-c3ccccc3)cc2/C=C/C(=O)OCc2cccc(C(N)=O)c2)cc1OC. The predicted octanol–water partition coefficient (Wildman–Crippen LogP) is 4.41. The molecule has 4 aromatic rings. The number of benzene rings is 3. The summed E-state index contributed by atoms with van der Waals surface area (Å²) >= 11 is 0. The lowest BCUT2D eigenvalue weighted by Crippen LogP contribution is -2.11. The van der Waals surface area contributed by atoms with Gasteiger partial charge >= 0.3 is 5.97 Å². The maximum atomic E-state index is 12.5. The Morgan fingerprint density at radius 3 is 2.44 bits per heavy atom. The van der Waals surface area contributed by atoms with Gasteiger partial charge in [-0.25, -0.2) is 9.48 Å². The highest BCUT2D eigenvalue weighted by atomic mass is 16.5. The molecule has 0 saturated heterocycles. The quantitative estimate of drug-likeness (QED) is 0.279. The lowest BCUT2D eigenvalue weighted by molar-refractivity contribution is -0.138. The van der Waals surface area contributed by atoms with Crippen LogP contribution in [0, 0.1) is 0 Å². The fourth-order valence-corrected chi connectivity index (χ4v) is 3.60. The smallest absolute Gasteiger partial charge is 0.331 e. The summed E-state index contributed by atoms with van der Waals surface area (Å²) in [6.45, 7) is 0.0100. The summed E-state index contributed by atoms with van der Waals surface area (Å²) in [5, 5.41) is 4.75. The zero-order valence-corrected chi connectivity index (χ0v) is 19.9. The maximum Gasteiger partial charge on any atom is 0.331 e. The Morgan fingerprint density at radius 1 is 0.944 bits per heavy atom. The van der Waals surface area contributed by atoms with Gasteiger partial charge in [-0.2, -0.15) is 5.10 Å². The molecule has 0 aliphatic carbocycles. The first-order valence-corrected chi connectivity index (χ1v) is 11.1. The van der Waals surface area contributed by atoms with Crippen molar-refractivity contribution in [1.82, 2.24) is 9.78 Å². The highest BCUT2D eigenvalue weighted by Crippen LogP contribution is 2.33. The predicted molar refractivity (Wildman–Crippen MR) is 136 cm³/mol. The molecule has 2 N–H and O–H groups in total. The van der Waals surface area contributed by atoms with E-state index in [1.807, 2.05) is 48.7 Å². The van der Waals surface area contributed by atoms with Crippen LogP contribution in [-0.4, -0.2) is 35.9 Å². The number of carbonyl (C=O) groups is 2. The average Bonchev–Trinajstić information content (AvgIpc) is 3.35. The Labute approximate surface area is 208 Å². The van der Waals surface area contributed by atoms with Crippen LogP contribution in [0.2, 0.25) is 0 Å². The van der Waals surface area contributed by atoms with E-state index in [-0.39, 0.29) is 6.61 Å². The third kappa shape index (κ3) is 5.61. The van der Waals surface area contributed by atoms with Crippen molar-refractivity contribution in [3.8, 4) is 28.4 Å². The second-order valence-corrected chi connectivity index (χ2v) is 7.79. The molecule has 0 aliphatic rings. The topological polar surface area (TPSA) is 106 Å². The highest BCUT2D eigenvalue weighted by Gasteiger charge is 2.14. The fraction of sp³-hybridized carbons (Fsp3) is 0.107. The zero-order chi connectivity index (χ0) is 25.5. The summed E-state index contributed by atoms with van der Waals surface area (Å²) in [5.41, 5.74) is 9.35. The van der Waals surface area contributed by atoms with Gasteiger partial charge < -0.3 is 19.9 Å². The van der Waals surface area contributed by atoms with Crippen LogP contribution in [0.5, 0.6) is 11.5 Å². The third-order valence-electron chi connectivity index (χ3n) is 5.41. The van der Waals surface area contributed by atoms with Crippen molar-refractivity contribution in [2.45, 2.75) is 6.61 Å². The van der Waals surface area contributed by atoms with Gasteiger partial charge in [0.05, 0.1) is 19.9 Å². The highest BCUT2D eigenvalue weighted by molar-refractivity contribution is 5.93. The number of ether oxygens (including phenoxy) is 3. The number of esters is 1. The number of nitrogens with two attached hydrogens (primary N) is 1. The van der Waals surface area contributed by atoms with E-state index in [9.17, 15) is 9.59 Å². The van der Waals surface area contributed by atoms with Gasteiger partial charge in [0.15, 0.2) is 11.5 Å². The Kier molecular flexibility index (Phi) is 7.45. The molecule has 0 radical (unpaired) electrons. The third-order valence-corrected chi connectivity index (χ3v) is 5.41. The van der Waals surface area contributed by atoms with Gasteiger partial charge in [0.2, 0.25) is 5.91 Å². The molecule has 0 aliphatic heterocycles. The van der Waals surface area contributed by atoms with E-state index in [0.29, 0.717) is 33.9 Å². The number of hydrogen-bond acceptors (Lipinski definition) is 6. The lowest BCUT2D eigenvalue weighted by Gasteiger charge is -2.09. The van der Waals surface area contributed by atoms with Crippen LogP contribution in [0.3, 0.4) is 0 Å². The van der Waals surface area contributed by atoms with Crippen molar-refractivity contribution >= 4 is 18.0 Å². The molecule has 8 heteroatoms. The maximum absolute atomic E-state index is 12.5. The van der Waals surface area contributed by atoms with E-state index in [4.69, 9.17) is 25.0 Å². The molecular weight excluding hydrogens is 458 g/mol. The normalized spacial score (nSPS) is 10.8. The summed E-state index contributed by atoms with van der Waals surface area (Å²) in [4.78, 5) is 23.8. The number of amides is 1. The molecule has 0 fully saturated rings. The van der Waals surface area contributed by atoms with Crippen LogP contribution in [0.4, 0.5) is 0 Å². The lowest BCUT2D eigenvalue weighted by atomic mass is 10.1. The molecule has 0 spiro atoms. The molecule has 1 heterocycles. The van der Waals surface area contributed by atoms with Gasteiger partial charge in [-0.1, -0.05) is 30.3 Å². The second kappa shape index (κ2) is 11.1. The van der Waals surface area contributed by atoms with E-state index in [0.717, 1.165) is 11.3 Å². The summed E-state index contributed by atoms with van der Waals surface area (Å²) in [6.07, 6.45) is 4.83. The number of carbonyl (C=O) groups excluding carboxylic acids is 2. The molecule has 1 aromatic heterocycles. The summed E-state index contributed by atoms with van der Waals surface area (Å²) in [5.74, 6) is 0.0907. The van der Waals surface area contributed by atoms with E-state index >= 15 is 0 Å². The van der Waals surface area contributed by atoms with Gasteiger partial charge in [-0.15, -0.1) is 0 Å². The number of rotatable bonds is 9. The number of methoxy groups -OCH3 is 2. The molecule has 0 unspecified atom stereocenters. The molecule has 3 aromatic carbocycles. The van der Waals surface area contributed by atoms with Crippen LogP contribution in [0.1, 0.15) is 21.5 Å². The van der Waals surface area contributed by atoms with Crippen molar-refractivity contribution < 1.29 is 23.8 Å². The minimum absolute atomic E-state index is 0.0100. The van der Waals surface area contributed by atoms with Crippen LogP contribution < -0.4 is 15.2 Å². The van der Waals surface area contributed by atoms with Gasteiger partial charge in [0.25, 0.3) is 0 Å². The van der Waals surface area contributed by atoms with Crippen molar-refractivity contribution in [2.75, 3.05) is 14.2 Å². The van der Waals surface area contributed by atoms with Crippen molar-refractivity contribution in [3.05, 3.63) is 102 Å². The molecule has 1 amide bonds. The number of primary amides is 1. The molecule has 8 nitrogen and oxygen atoms in total. The Balaban J connectivity index is 1.60. The van der Waals surface area contributed by atoms with Crippen LogP contribution >= 0.6 is 0 Å². The summed E-state index contributed by atoms with van der Waals surface area (Å²) < 4.78 is 17.9. The Morgan fingerprint density at radius 2 is 1.72 bits per heavy atom. The van der Waals surface area contributed by atoms with E-state index in [1.165, 1.54) is 6.08 Å². The minimum atomic E-state index is -0.541. The monoisotopic (exact) mass is 483 g/mol. The van der Waals surface area contributed by atoms with Gasteiger partial charge in [-0.05, 0) is 54.1 Å². The van der Waals surface area contributed by atoms with E-state index < -0.39 is 11.9 Å². The molecule has 36 heavy (non-hydrogen) atoms. The zero-order valence-electron chi connectivity index (χ0n) is 19.9. The number of aromatic nitrogens is 2. The molecule has 4 rings (SSSR count). The number of para-hydroxylation sites is 1. The largest absolute Gasteiger partial charge is 0.493 e. The van der Waals surface area contributed by atoms with Gasteiger partial charge in [0.1, 0.15) is 12.3 Å². The summed E-state index contributed by atoms with van der Waals surface area (Å²) in [6, 6.07) is 21.8. The Hall–Kier alpha value is -4.85. The molecule has 182 valence electrons. The number of hydrogen-bond donors (Lipinski definition) is 1. The first-order chi connectivity index (χ1) is 17.5. The molecule has 0 saturated carbocycles. The Bertz CT molecular complexity index is 1410. The molecule has 0 bridgehead atoms. The molecular formula is C28H25N3O5. The standard InChI is InChI=1S/C28H25N3O5/c1-34-24-13-11-20(16-25(24)35-2)27-22(17-31(30-27)23-9-4-3-5-10-23)12-14-26(32)36-18-19-7-6-8-21(15-19)28(29)33/h3-17H,18H2,1-2H3,(H2,29,33)/b14-12+. The first-order valence-electron chi connectivity index (χ1n) is 11.1. The molecule has 0 atom stereocenters. The van der Waals surface area contributed by atoms with E-state index in [2.05, 4.69) is 0 Å². The van der Waals surface area contributed by atoms with E-state index in [1.54, 1.807) is 55.3 Å². The summed E-state index contributed by atoms with van der Waals surface area (Å²) in [7, 11) is 3.14. The number of nitrogens with zero attached hydrogens (tertiary/aromatic N) is 2. The van der Waals surface area contributed by atoms with Crippen molar-refractivity contribution in [1.29, 1.82) is 0 Å². The van der Waals surface area contributed by atoms with Crippen molar-refractivity contribution in [3.63, 3.8) is 0 Å². The van der Waals surface area contributed by atoms with Crippen LogP contribution in [0.15, 0.2) is 85.1 Å². The van der Waals surface area contributed by atoms with Crippen molar-refractivity contribution in [2.24, 2.45) is 5.73 Å². The first kappa shape index (κ1) is 24.3. The van der Waals surface area contributed by atoms with Gasteiger partial charge in [-0.3, -0.25) is 4.79 Å².